The number of hydrogen-bond acceptors (Lipinski definition) is 3. The molecule has 2 aromatic rings. The summed E-state index contributed by atoms with van der Waals surface area (Å²) >= 11 is 0. The zero-order chi connectivity index (χ0) is 17.6. The van der Waals surface area contributed by atoms with Crippen LogP contribution in [0.15, 0.2) is 42.7 Å². The van der Waals surface area contributed by atoms with Crippen LogP contribution in [0.3, 0.4) is 0 Å². The van der Waals surface area contributed by atoms with Crippen molar-refractivity contribution in [2.24, 2.45) is 13.0 Å². The summed E-state index contributed by atoms with van der Waals surface area (Å²) < 4.78 is 1.97. The molecule has 1 aromatic heterocycles. The number of aryl methyl sites for hydroxylation is 1. The van der Waals surface area contributed by atoms with Crippen molar-refractivity contribution in [3.05, 3.63) is 54.1 Å². The number of carbonyl (C=O) groups is 1. The van der Waals surface area contributed by atoms with Crippen LogP contribution in [-0.2, 0) is 20.0 Å². The highest BCUT2D eigenvalue weighted by molar-refractivity contribution is 5.74. The van der Waals surface area contributed by atoms with Gasteiger partial charge in [0.1, 0.15) is 5.82 Å². The molecule has 1 aliphatic rings. The molecule has 1 aromatic carbocycles. The van der Waals surface area contributed by atoms with Crippen LogP contribution in [0.1, 0.15) is 18.3 Å². The van der Waals surface area contributed by atoms with Gasteiger partial charge in [0.15, 0.2) is 0 Å². The molecule has 0 saturated carbocycles. The van der Waals surface area contributed by atoms with Gasteiger partial charge >= 0.3 is 6.03 Å². The molecule has 0 aliphatic carbocycles. The Morgan fingerprint density at radius 1 is 1.28 bits per heavy atom. The Morgan fingerprint density at radius 2 is 2.08 bits per heavy atom. The van der Waals surface area contributed by atoms with Crippen molar-refractivity contribution in [2.45, 2.75) is 25.9 Å². The zero-order valence-electron chi connectivity index (χ0n) is 15.0. The number of rotatable bonds is 6. The molecule has 2 N–H and O–H groups in total. The number of hydrogen-bond donors (Lipinski definition) is 2. The number of amides is 2. The molecule has 0 spiro atoms. The van der Waals surface area contributed by atoms with E-state index in [1.807, 2.05) is 23.9 Å². The Morgan fingerprint density at radius 3 is 2.80 bits per heavy atom. The summed E-state index contributed by atoms with van der Waals surface area (Å²) in [6.07, 6.45) is 4.42. The molecule has 3 rings (SSSR count). The number of carbonyl (C=O) groups excluding carboxylic acids is 1. The highest BCUT2D eigenvalue weighted by Crippen LogP contribution is 2.18. The average Bonchev–Trinajstić information content (AvgIpc) is 3.14. The van der Waals surface area contributed by atoms with Gasteiger partial charge in [-0.15, -0.1) is 0 Å². The minimum absolute atomic E-state index is 0.0902. The largest absolute Gasteiger partial charge is 0.338 e. The molecule has 2 atom stereocenters. The molecule has 6 heteroatoms. The summed E-state index contributed by atoms with van der Waals surface area (Å²) in [5, 5.41) is 6.06. The Balaban J connectivity index is 1.41. The van der Waals surface area contributed by atoms with E-state index >= 15 is 0 Å². The number of nitrogens with one attached hydrogen (secondary N) is 2. The van der Waals surface area contributed by atoms with Gasteiger partial charge in [0.25, 0.3) is 0 Å². The Bertz CT molecular complexity index is 684. The van der Waals surface area contributed by atoms with Crippen LogP contribution in [0.2, 0.25) is 0 Å². The van der Waals surface area contributed by atoms with Crippen molar-refractivity contribution in [3.8, 4) is 0 Å². The zero-order valence-corrected chi connectivity index (χ0v) is 15.0. The molecule has 6 nitrogen and oxygen atoms in total. The van der Waals surface area contributed by atoms with Crippen molar-refractivity contribution in [1.29, 1.82) is 0 Å². The quantitative estimate of drug-likeness (QED) is 0.842. The number of nitrogens with zero attached hydrogens (tertiary/aromatic N) is 3. The minimum Gasteiger partial charge on any atom is -0.338 e. The topological polar surface area (TPSA) is 62.2 Å². The van der Waals surface area contributed by atoms with E-state index in [-0.39, 0.29) is 12.1 Å². The molecule has 1 fully saturated rings. The van der Waals surface area contributed by atoms with Crippen molar-refractivity contribution in [2.75, 3.05) is 19.6 Å². The van der Waals surface area contributed by atoms with Crippen molar-refractivity contribution in [3.63, 3.8) is 0 Å². The van der Waals surface area contributed by atoms with Crippen molar-refractivity contribution < 1.29 is 4.79 Å². The smallest absolute Gasteiger partial charge is 0.315 e. The summed E-state index contributed by atoms with van der Waals surface area (Å²) in [5.41, 5.74) is 1.31. The number of benzene rings is 1. The number of imidazole rings is 1. The van der Waals surface area contributed by atoms with E-state index in [0.29, 0.717) is 12.5 Å². The molecule has 2 heterocycles. The summed E-state index contributed by atoms with van der Waals surface area (Å²) in [6.45, 7) is 5.62. The van der Waals surface area contributed by atoms with E-state index in [0.717, 1.165) is 31.9 Å². The summed E-state index contributed by atoms with van der Waals surface area (Å²) in [7, 11) is 1.96. The van der Waals surface area contributed by atoms with Gasteiger partial charge in [0.2, 0.25) is 0 Å². The van der Waals surface area contributed by atoms with E-state index in [9.17, 15) is 4.79 Å². The first-order chi connectivity index (χ1) is 12.1. The van der Waals surface area contributed by atoms with E-state index < -0.39 is 0 Å². The van der Waals surface area contributed by atoms with Crippen molar-refractivity contribution in [1.82, 2.24) is 25.1 Å². The Hall–Kier alpha value is -2.34. The average molecular weight is 341 g/mol. The lowest BCUT2D eigenvalue weighted by Gasteiger charge is -2.18. The molecular formula is C19H27N5O. The van der Waals surface area contributed by atoms with Crippen LogP contribution in [0.5, 0.6) is 0 Å². The lowest BCUT2D eigenvalue weighted by Crippen LogP contribution is -2.45. The normalized spacial score (nSPS) is 20.6. The van der Waals surface area contributed by atoms with Crippen LogP contribution in [0.4, 0.5) is 4.79 Å². The van der Waals surface area contributed by atoms with Gasteiger partial charge in [-0.2, -0.15) is 0 Å². The van der Waals surface area contributed by atoms with Crippen LogP contribution >= 0.6 is 0 Å². The van der Waals surface area contributed by atoms with Gasteiger partial charge in [0.05, 0.1) is 0 Å². The molecule has 134 valence electrons. The monoisotopic (exact) mass is 341 g/mol. The fraction of sp³-hybridized carbons (Fsp3) is 0.474. The summed E-state index contributed by atoms with van der Waals surface area (Å²) in [4.78, 5) is 18.8. The standard InChI is InChI=1S/C19H27N5O/c1-15-12-24(13-16-6-4-3-5-7-16)14-17(15)22-19(25)21-9-8-18-20-10-11-23(18)2/h3-7,10-11,15,17H,8-9,12-14H2,1-2H3,(H2,21,22,25). The van der Waals surface area contributed by atoms with E-state index in [1.165, 1.54) is 5.56 Å². The molecule has 1 saturated heterocycles. The first kappa shape index (κ1) is 17.5. The fourth-order valence-electron chi connectivity index (χ4n) is 3.37. The second kappa shape index (κ2) is 8.16. The lowest BCUT2D eigenvalue weighted by molar-refractivity contribution is 0.234. The van der Waals surface area contributed by atoms with Crippen molar-refractivity contribution >= 4 is 6.03 Å². The predicted molar refractivity (Wildman–Crippen MR) is 98.1 cm³/mol. The Labute approximate surface area is 149 Å². The fourth-order valence-corrected chi connectivity index (χ4v) is 3.37. The maximum absolute atomic E-state index is 12.2. The van der Waals surface area contributed by atoms with Crippen LogP contribution < -0.4 is 10.6 Å². The Kier molecular flexibility index (Phi) is 5.71. The van der Waals surface area contributed by atoms with Crippen LogP contribution in [-0.4, -0.2) is 46.2 Å². The number of urea groups is 1. The molecule has 1 aliphatic heterocycles. The SMILES string of the molecule is CC1CN(Cc2ccccc2)CC1NC(=O)NCCc1nccn1C. The van der Waals surface area contributed by atoms with Crippen LogP contribution in [0.25, 0.3) is 0 Å². The highest BCUT2D eigenvalue weighted by atomic mass is 16.2. The van der Waals surface area contributed by atoms with Gasteiger partial charge in [-0.1, -0.05) is 37.3 Å². The van der Waals surface area contributed by atoms with E-state index in [1.54, 1.807) is 6.20 Å². The third-order valence-electron chi connectivity index (χ3n) is 4.81. The highest BCUT2D eigenvalue weighted by Gasteiger charge is 2.30. The second-order valence-electron chi connectivity index (χ2n) is 6.87. The molecular weight excluding hydrogens is 314 g/mol. The van der Waals surface area contributed by atoms with Gasteiger partial charge in [-0.3, -0.25) is 4.90 Å². The van der Waals surface area contributed by atoms with Gasteiger partial charge in [-0.05, 0) is 11.5 Å². The number of aromatic nitrogens is 2. The first-order valence-corrected chi connectivity index (χ1v) is 8.88. The van der Waals surface area contributed by atoms with E-state index in [4.69, 9.17) is 0 Å². The summed E-state index contributed by atoms with van der Waals surface area (Å²) in [6, 6.07) is 10.6. The predicted octanol–water partition coefficient (Wildman–Crippen LogP) is 1.78. The third kappa shape index (κ3) is 4.82. The second-order valence-corrected chi connectivity index (χ2v) is 6.87. The first-order valence-electron chi connectivity index (χ1n) is 8.88. The lowest BCUT2D eigenvalue weighted by atomic mass is 10.1. The minimum atomic E-state index is -0.0902. The van der Waals surface area contributed by atoms with E-state index in [2.05, 4.69) is 51.7 Å². The maximum atomic E-state index is 12.2. The van der Waals surface area contributed by atoms with Gasteiger partial charge in [0, 0.05) is 58.1 Å². The maximum Gasteiger partial charge on any atom is 0.315 e. The molecule has 0 radical (unpaired) electrons. The van der Waals surface area contributed by atoms with Crippen LogP contribution in [0, 0.1) is 5.92 Å². The summed E-state index contributed by atoms with van der Waals surface area (Å²) in [5.74, 6) is 1.42. The third-order valence-corrected chi connectivity index (χ3v) is 4.81. The molecule has 2 unspecified atom stereocenters. The molecule has 2 amide bonds. The molecule has 0 bridgehead atoms. The number of likely N-dealkylation sites (tertiary alicyclic amines) is 1. The van der Waals surface area contributed by atoms with Gasteiger partial charge < -0.3 is 15.2 Å². The molecule has 25 heavy (non-hydrogen) atoms. The van der Waals surface area contributed by atoms with Gasteiger partial charge in [-0.25, -0.2) is 9.78 Å².